The smallest absolute Gasteiger partial charge is 0.200 e. The SMILES string of the molecule is CCCCC1OCc2c(/C=C/C(C)=O)cnc(C)c2O1. The lowest BCUT2D eigenvalue weighted by molar-refractivity contribution is -0.113. The molecule has 0 amide bonds. The molecule has 20 heavy (non-hydrogen) atoms. The topological polar surface area (TPSA) is 48.4 Å². The Morgan fingerprint density at radius 1 is 1.55 bits per heavy atom. The third kappa shape index (κ3) is 3.45. The molecular formula is C16H21NO3. The minimum absolute atomic E-state index is 0.0118. The molecule has 0 bridgehead atoms. The molecule has 0 N–H and O–H groups in total. The van der Waals surface area contributed by atoms with Crippen LogP contribution in [0, 0.1) is 6.92 Å². The van der Waals surface area contributed by atoms with Crippen LogP contribution in [0.5, 0.6) is 5.75 Å². The Kier molecular flexibility index (Phi) is 4.90. The van der Waals surface area contributed by atoms with E-state index in [1.54, 1.807) is 12.3 Å². The molecule has 108 valence electrons. The first kappa shape index (κ1) is 14.7. The number of aryl methyl sites for hydroxylation is 1. The quantitative estimate of drug-likeness (QED) is 0.773. The van der Waals surface area contributed by atoms with E-state index in [2.05, 4.69) is 11.9 Å². The van der Waals surface area contributed by atoms with Crippen molar-refractivity contribution < 1.29 is 14.3 Å². The fourth-order valence-electron chi connectivity index (χ4n) is 2.16. The lowest BCUT2D eigenvalue weighted by Crippen LogP contribution is -2.26. The van der Waals surface area contributed by atoms with E-state index in [0.717, 1.165) is 41.8 Å². The number of hydrogen-bond acceptors (Lipinski definition) is 4. The molecule has 2 heterocycles. The van der Waals surface area contributed by atoms with Gasteiger partial charge >= 0.3 is 0 Å². The van der Waals surface area contributed by atoms with E-state index in [0.29, 0.717) is 6.61 Å². The zero-order chi connectivity index (χ0) is 14.5. The minimum atomic E-state index is -0.185. The molecule has 0 saturated carbocycles. The number of allylic oxidation sites excluding steroid dienone is 1. The van der Waals surface area contributed by atoms with Gasteiger partial charge in [-0.25, -0.2) is 0 Å². The second-order valence-corrected chi connectivity index (χ2v) is 5.05. The molecule has 1 aromatic rings. The Balaban J connectivity index is 2.23. The summed E-state index contributed by atoms with van der Waals surface area (Å²) in [6.45, 7) is 6.11. The van der Waals surface area contributed by atoms with Gasteiger partial charge in [-0.2, -0.15) is 0 Å². The highest BCUT2D eigenvalue weighted by molar-refractivity contribution is 5.91. The number of hydrogen-bond donors (Lipinski definition) is 0. The molecule has 4 heteroatoms. The average Bonchev–Trinajstić information content (AvgIpc) is 2.44. The molecule has 4 nitrogen and oxygen atoms in total. The first-order valence-electron chi connectivity index (χ1n) is 7.07. The predicted octanol–water partition coefficient (Wildman–Crippen LogP) is 3.42. The molecule has 0 aliphatic carbocycles. The molecule has 0 aromatic carbocycles. The number of pyridine rings is 1. The fourth-order valence-corrected chi connectivity index (χ4v) is 2.16. The molecule has 0 fully saturated rings. The van der Waals surface area contributed by atoms with E-state index in [9.17, 15) is 4.79 Å². The van der Waals surface area contributed by atoms with E-state index in [4.69, 9.17) is 9.47 Å². The van der Waals surface area contributed by atoms with Crippen LogP contribution in [0.3, 0.4) is 0 Å². The molecule has 0 radical (unpaired) electrons. The predicted molar refractivity (Wildman–Crippen MR) is 77.4 cm³/mol. The first-order valence-corrected chi connectivity index (χ1v) is 7.07. The number of ketones is 1. The van der Waals surface area contributed by atoms with E-state index >= 15 is 0 Å². The van der Waals surface area contributed by atoms with Crippen LogP contribution in [0.2, 0.25) is 0 Å². The van der Waals surface area contributed by atoms with Crippen LogP contribution in [-0.4, -0.2) is 17.1 Å². The molecule has 1 unspecified atom stereocenters. The van der Waals surface area contributed by atoms with Crippen molar-refractivity contribution in [3.63, 3.8) is 0 Å². The van der Waals surface area contributed by atoms with Crippen molar-refractivity contribution >= 4 is 11.9 Å². The molecule has 1 aliphatic rings. The van der Waals surface area contributed by atoms with Gasteiger partial charge in [0, 0.05) is 23.7 Å². The Morgan fingerprint density at radius 3 is 3.05 bits per heavy atom. The van der Waals surface area contributed by atoms with E-state index in [1.807, 2.05) is 6.92 Å². The van der Waals surface area contributed by atoms with Gasteiger partial charge in [0.2, 0.25) is 0 Å². The van der Waals surface area contributed by atoms with Gasteiger partial charge in [0.05, 0.1) is 12.3 Å². The van der Waals surface area contributed by atoms with Crippen LogP contribution in [0.1, 0.15) is 49.9 Å². The van der Waals surface area contributed by atoms with Gasteiger partial charge in [-0.1, -0.05) is 13.3 Å². The van der Waals surface area contributed by atoms with Crippen molar-refractivity contribution in [1.29, 1.82) is 0 Å². The number of aromatic nitrogens is 1. The number of rotatable bonds is 5. The van der Waals surface area contributed by atoms with Crippen LogP contribution >= 0.6 is 0 Å². The van der Waals surface area contributed by atoms with E-state index < -0.39 is 0 Å². The van der Waals surface area contributed by atoms with Crippen molar-refractivity contribution in [1.82, 2.24) is 4.98 Å². The van der Waals surface area contributed by atoms with Crippen LogP contribution in [0.25, 0.3) is 6.08 Å². The summed E-state index contributed by atoms with van der Waals surface area (Å²) in [5.41, 5.74) is 2.72. The summed E-state index contributed by atoms with van der Waals surface area (Å²) in [6, 6.07) is 0. The van der Waals surface area contributed by atoms with Gasteiger partial charge in [-0.05, 0) is 32.4 Å². The van der Waals surface area contributed by atoms with E-state index in [-0.39, 0.29) is 12.1 Å². The number of carbonyl (C=O) groups excluding carboxylic acids is 1. The fraction of sp³-hybridized carbons (Fsp3) is 0.500. The van der Waals surface area contributed by atoms with E-state index in [1.165, 1.54) is 13.0 Å². The van der Waals surface area contributed by atoms with Crippen LogP contribution < -0.4 is 4.74 Å². The van der Waals surface area contributed by atoms with Gasteiger partial charge in [0.15, 0.2) is 12.1 Å². The number of unbranched alkanes of at least 4 members (excludes halogenated alkanes) is 1. The summed E-state index contributed by atoms with van der Waals surface area (Å²) >= 11 is 0. The van der Waals surface area contributed by atoms with Crippen molar-refractivity contribution in [2.75, 3.05) is 0 Å². The summed E-state index contributed by atoms with van der Waals surface area (Å²) in [5.74, 6) is 0.820. The minimum Gasteiger partial charge on any atom is -0.463 e. The molecular weight excluding hydrogens is 254 g/mol. The van der Waals surface area contributed by atoms with Gasteiger partial charge in [-0.15, -0.1) is 0 Å². The Labute approximate surface area is 119 Å². The van der Waals surface area contributed by atoms with Gasteiger partial charge in [-0.3, -0.25) is 9.78 Å². The second kappa shape index (κ2) is 6.66. The Morgan fingerprint density at radius 2 is 2.35 bits per heavy atom. The lowest BCUT2D eigenvalue weighted by Gasteiger charge is -2.28. The average molecular weight is 275 g/mol. The van der Waals surface area contributed by atoms with Gasteiger partial charge in [0.25, 0.3) is 0 Å². The molecule has 1 aliphatic heterocycles. The molecule has 0 spiro atoms. The maximum atomic E-state index is 11.1. The van der Waals surface area contributed by atoms with Crippen molar-refractivity contribution in [3.05, 3.63) is 29.1 Å². The number of ether oxygens (including phenoxy) is 2. The van der Waals surface area contributed by atoms with Crippen molar-refractivity contribution in [2.24, 2.45) is 0 Å². The van der Waals surface area contributed by atoms with Gasteiger partial charge in [0.1, 0.15) is 5.75 Å². The highest BCUT2D eigenvalue weighted by Crippen LogP contribution is 2.33. The zero-order valence-corrected chi connectivity index (χ0v) is 12.3. The third-order valence-electron chi connectivity index (χ3n) is 3.30. The number of carbonyl (C=O) groups is 1. The molecule has 1 aromatic heterocycles. The van der Waals surface area contributed by atoms with Crippen LogP contribution in [-0.2, 0) is 16.1 Å². The Bertz CT molecular complexity index is 523. The lowest BCUT2D eigenvalue weighted by atomic mass is 10.1. The Hall–Kier alpha value is -1.68. The van der Waals surface area contributed by atoms with Crippen LogP contribution in [0.15, 0.2) is 12.3 Å². The number of fused-ring (bicyclic) bond motifs is 1. The summed E-state index contributed by atoms with van der Waals surface area (Å²) in [4.78, 5) is 15.4. The summed E-state index contributed by atoms with van der Waals surface area (Å²) in [5, 5.41) is 0. The summed E-state index contributed by atoms with van der Waals surface area (Å²) < 4.78 is 11.6. The monoisotopic (exact) mass is 275 g/mol. The maximum absolute atomic E-state index is 11.1. The summed E-state index contributed by atoms with van der Waals surface area (Å²) in [7, 11) is 0. The molecule has 1 atom stereocenters. The highest BCUT2D eigenvalue weighted by atomic mass is 16.7. The standard InChI is InChI=1S/C16H21NO3/c1-4-5-6-15-19-10-14-13(8-7-11(2)18)9-17-12(3)16(14)20-15/h7-9,15H,4-6,10H2,1-3H3/b8-7+. The highest BCUT2D eigenvalue weighted by Gasteiger charge is 2.23. The van der Waals surface area contributed by atoms with Crippen LogP contribution in [0.4, 0.5) is 0 Å². The van der Waals surface area contributed by atoms with Gasteiger partial charge < -0.3 is 9.47 Å². The number of nitrogens with zero attached hydrogens (tertiary/aromatic N) is 1. The first-order chi connectivity index (χ1) is 9.61. The largest absolute Gasteiger partial charge is 0.463 e. The van der Waals surface area contributed by atoms with Crippen molar-refractivity contribution in [3.8, 4) is 5.75 Å². The molecule has 2 rings (SSSR count). The second-order valence-electron chi connectivity index (χ2n) is 5.05. The summed E-state index contributed by atoms with van der Waals surface area (Å²) in [6.07, 6.45) is 7.97. The third-order valence-corrected chi connectivity index (χ3v) is 3.30. The molecule has 0 saturated heterocycles. The zero-order valence-electron chi connectivity index (χ0n) is 12.3. The normalized spacial score (nSPS) is 17.9. The maximum Gasteiger partial charge on any atom is 0.200 e. The van der Waals surface area contributed by atoms with Crippen molar-refractivity contribution in [2.45, 2.75) is 52.9 Å².